The van der Waals surface area contributed by atoms with Gasteiger partial charge in [0.25, 0.3) is 0 Å². The smallest absolute Gasteiger partial charge is 0.306 e. The lowest BCUT2D eigenvalue weighted by molar-refractivity contribution is -0.387. The van der Waals surface area contributed by atoms with Crippen LogP contribution in [0.3, 0.4) is 0 Å². The second-order valence-corrected chi connectivity index (χ2v) is 4.44. The van der Waals surface area contributed by atoms with Gasteiger partial charge in [-0.2, -0.15) is 4.39 Å². The van der Waals surface area contributed by atoms with Gasteiger partial charge in [-0.25, -0.2) is 0 Å². The van der Waals surface area contributed by atoms with Crippen LogP contribution in [0.1, 0.15) is 18.6 Å². The van der Waals surface area contributed by atoms with E-state index in [0.29, 0.717) is 6.07 Å². The zero-order valence-electron chi connectivity index (χ0n) is 10.3. The van der Waals surface area contributed by atoms with E-state index in [2.05, 4.69) is 5.32 Å². The first kappa shape index (κ1) is 16.3. The molecular formula is C11H12ClFN2O5. The standard InChI is InChI=1S/C11H12ClFN2O5/c1-5(16)14-4-10(17)11(18)6-2-8(13)9(15(19)20)3-7(6)12/h2-3,10-11,17-18H,4H2,1H3,(H,14,16). The molecule has 3 N–H and O–H groups in total. The van der Waals surface area contributed by atoms with Gasteiger partial charge in [0.05, 0.1) is 9.95 Å². The van der Waals surface area contributed by atoms with Crippen LogP contribution in [-0.2, 0) is 4.79 Å². The number of hydrogen-bond donors (Lipinski definition) is 3. The van der Waals surface area contributed by atoms with Crippen LogP contribution < -0.4 is 5.32 Å². The van der Waals surface area contributed by atoms with Crippen molar-refractivity contribution in [3.05, 3.63) is 38.7 Å². The van der Waals surface area contributed by atoms with E-state index in [-0.39, 0.29) is 17.1 Å². The molecule has 0 saturated heterocycles. The summed E-state index contributed by atoms with van der Waals surface area (Å²) in [5, 5.41) is 32.0. The fourth-order valence-corrected chi connectivity index (χ4v) is 1.76. The number of nitrogens with zero attached hydrogens (tertiary/aromatic N) is 1. The molecule has 0 bridgehead atoms. The van der Waals surface area contributed by atoms with Crippen LogP contribution in [0.4, 0.5) is 10.1 Å². The average molecular weight is 307 g/mol. The molecule has 1 amide bonds. The van der Waals surface area contributed by atoms with Crippen LogP contribution in [0.25, 0.3) is 0 Å². The van der Waals surface area contributed by atoms with Crippen molar-refractivity contribution in [2.75, 3.05) is 6.54 Å². The van der Waals surface area contributed by atoms with Crippen LogP contribution in [0, 0.1) is 15.9 Å². The number of aliphatic hydroxyl groups is 2. The van der Waals surface area contributed by atoms with Crippen molar-refractivity contribution in [2.45, 2.75) is 19.1 Å². The Labute approximate surface area is 118 Å². The molecule has 0 radical (unpaired) electrons. The van der Waals surface area contributed by atoms with Gasteiger partial charge in [-0.05, 0) is 6.07 Å². The van der Waals surface area contributed by atoms with E-state index in [1.807, 2.05) is 0 Å². The highest BCUT2D eigenvalue weighted by Crippen LogP contribution is 2.31. The van der Waals surface area contributed by atoms with Gasteiger partial charge in [-0.1, -0.05) is 11.6 Å². The third-order valence-electron chi connectivity index (χ3n) is 2.51. The molecule has 0 aliphatic rings. The molecule has 0 aromatic heterocycles. The molecule has 0 fully saturated rings. The second-order valence-electron chi connectivity index (χ2n) is 4.03. The van der Waals surface area contributed by atoms with Gasteiger partial charge in [0.15, 0.2) is 0 Å². The third-order valence-corrected chi connectivity index (χ3v) is 2.83. The highest BCUT2D eigenvalue weighted by molar-refractivity contribution is 6.31. The van der Waals surface area contributed by atoms with Crippen molar-refractivity contribution in [1.29, 1.82) is 0 Å². The Morgan fingerprint density at radius 2 is 2.15 bits per heavy atom. The number of halogens is 2. The van der Waals surface area contributed by atoms with E-state index in [9.17, 15) is 29.5 Å². The molecule has 1 rings (SSSR count). The summed E-state index contributed by atoms with van der Waals surface area (Å²) in [6.07, 6.45) is -3.03. The molecule has 1 aromatic rings. The zero-order valence-corrected chi connectivity index (χ0v) is 11.1. The molecule has 1 aromatic carbocycles. The predicted octanol–water partition coefficient (Wildman–Crippen LogP) is 0.918. The summed E-state index contributed by atoms with van der Waals surface area (Å²) in [4.78, 5) is 20.2. The summed E-state index contributed by atoms with van der Waals surface area (Å²) in [6, 6.07) is 1.43. The molecule has 7 nitrogen and oxygen atoms in total. The number of hydrogen-bond acceptors (Lipinski definition) is 5. The molecule has 0 aliphatic carbocycles. The molecule has 0 spiro atoms. The highest BCUT2D eigenvalue weighted by Gasteiger charge is 2.25. The normalized spacial score (nSPS) is 13.7. The molecule has 0 saturated carbocycles. The van der Waals surface area contributed by atoms with E-state index < -0.39 is 34.5 Å². The molecule has 20 heavy (non-hydrogen) atoms. The Balaban J connectivity index is 2.98. The van der Waals surface area contributed by atoms with E-state index in [1.165, 1.54) is 6.92 Å². The minimum Gasteiger partial charge on any atom is -0.388 e. The van der Waals surface area contributed by atoms with Gasteiger partial charge < -0.3 is 15.5 Å². The Hall–Kier alpha value is -1.77. The highest BCUT2D eigenvalue weighted by atomic mass is 35.5. The summed E-state index contributed by atoms with van der Waals surface area (Å²) < 4.78 is 13.5. The van der Waals surface area contributed by atoms with Crippen LogP contribution in [0.2, 0.25) is 5.02 Å². The van der Waals surface area contributed by atoms with Crippen LogP contribution in [0.5, 0.6) is 0 Å². The minimum absolute atomic E-state index is 0.201. The number of nitrogens with one attached hydrogen (secondary N) is 1. The van der Waals surface area contributed by atoms with Gasteiger partial charge >= 0.3 is 5.69 Å². The number of benzene rings is 1. The Morgan fingerprint density at radius 3 is 2.65 bits per heavy atom. The molecule has 0 heterocycles. The first-order valence-corrected chi connectivity index (χ1v) is 5.85. The van der Waals surface area contributed by atoms with Crippen molar-refractivity contribution in [1.82, 2.24) is 5.32 Å². The molecular weight excluding hydrogens is 295 g/mol. The van der Waals surface area contributed by atoms with Crippen LogP contribution in [-0.4, -0.2) is 33.7 Å². The lowest BCUT2D eigenvalue weighted by Gasteiger charge is -2.19. The van der Waals surface area contributed by atoms with E-state index >= 15 is 0 Å². The fourth-order valence-electron chi connectivity index (χ4n) is 1.49. The SMILES string of the molecule is CC(=O)NCC(O)C(O)c1cc(F)c([N+](=O)[O-])cc1Cl. The third kappa shape index (κ3) is 3.86. The Bertz CT molecular complexity index is 540. The zero-order chi connectivity index (χ0) is 15.4. The monoisotopic (exact) mass is 306 g/mol. The number of nitro benzene ring substituents is 1. The maximum Gasteiger partial charge on any atom is 0.306 e. The summed E-state index contributed by atoms with van der Waals surface area (Å²) in [7, 11) is 0. The molecule has 2 unspecified atom stereocenters. The maximum absolute atomic E-state index is 13.5. The number of amides is 1. The number of carbonyl (C=O) groups is 1. The predicted molar refractivity (Wildman–Crippen MR) is 67.7 cm³/mol. The largest absolute Gasteiger partial charge is 0.388 e. The van der Waals surface area contributed by atoms with Crippen molar-refractivity contribution in [2.24, 2.45) is 0 Å². The average Bonchev–Trinajstić information content (AvgIpc) is 2.36. The van der Waals surface area contributed by atoms with Crippen molar-refractivity contribution in [3.8, 4) is 0 Å². The molecule has 0 aliphatic heterocycles. The van der Waals surface area contributed by atoms with Gasteiger partial charge in [0.1, 0.15) is 12.2 Å². The quantitative estimate of drug-likeness (QED) is 0.553. The molecule has 9 heteroatoms. The molecule has 110 valence electrons. The summed E-state index contributed by atoms with van der Waals surface area (Å²) in [5.74, 6) is -1.60. The minimum atomic E-state index is -1.59. The van der Waals surface area contributed by atoms with E-state index in [1.54, 1.807) is 0 Å². The first-order chi connectivity index (χ1) is 9.23. The van der Waals surface area contributed by atoms with E-state index in [4.69, 9.17) is 11.6 Å². The molecule has 2 atom stereocenters. The lowest BCUT2D eigenvalue weighted by Crippen LogP contribution is -2.34. The van der Waals surface area contributed by atoms with Crippen LogP contribution in [0.15, 0.2) is 12.1 Å². The fraction of sp³-hybridized carbons (Fsp3) is 0.364. The maximum atomic E-state index is 13.5. The Morgan fingerprint density at radius 1 is 1.55 bits per heavy atom. The topological polar surface area (TPSA) is 113 Å². The number of rotatable bonds is 5. The van der Waals surface area contributed by atoms with Crippen molar-refractivity contribution in [3.63, 3.8) is 0 Å². The summed E-state index contributed by atoms with van der Waals surface area (Å²) in [6.45, 7) is 0.947. The van der Waals surface area contributed by atoms with Crippen LogP contribution >= 0.6 is 11.6 Å². The summed E-state index contributed by atoms with van der Waals surface area (Å²) >= 11 is 5.72. The lowest BCUT2D eigenvalue weighted by atomic mass is 10.0. The number of carbonyl (C=O) groups excluding carboxylic acids is 1. The van der Waals surface area contributed by atoms with Crippen molar-refractivity contribution >= 4 is 23.2 Å². The van der Waals surface area contributed by atoms with Crippen molar-refractivity contribution < 1.29 is 24.3 Å². The van der Waals surface area contributed by atoms with Gasteiger partial charge in [0, 0.05) is 25.1 Å². The van der Waals surface area contributed by atoms with Gasteiger partial charge in [0.2, 0.25) is 11.7 Å². The Kier molecular flexibility index (Phi) is 5.37. The van der Waals surface area contributed by atoms with E-state index in [0.717, 1.165) is 6.07 Å². The number of aliphatic hydroxyl groups excluding tert-OH is 2. The first-order valence-electron chi connectivity index (χ1n) is 5.48. The second kappa shape index (κ2) is 6.60. The van der Waals surface area contributed by atoms with Gasteiger partial charge in [-0.3, -0.25) is 14.9 Å². The number of nitro groups is 1. The van der Waals surface area contributed by atoms with Gasteiger partial charge in [-0.15, -0.1) is 0 Å². The summed E-state index contributed by atoms with van der Waals surface area (Å²) in [5.41, 5.74) is -1.03.